The number of hydrogen-bond acceptors (Lipinski definition) is 7. The fourth-order valence-electron chi connectivity index (χ4n) is 4.50. The van der Waals surface area contributed by atoms with Crippen molar-refractivity contribution >= 4 is 38.8 Å². The number of benzene rings is 1. The number of nitrogens with zero attached hydrogens (tertiary/aromatic N) is 3. The van der Waals surface area contributed by atoms with Crippen LogP contribution in [0, 0.1) is 0 Å². The van der Waals surface area contributed by atoms with Gasteiger partial charge in [0, 0.05) is 33.6 Å². The first-order valence-electron chi connectivity index (χ1n) is 11.8. The molecule has 2 atom stereocenters. The Kier molecular flexibility index (Phi) is 6.50. The Hall–Kier alpha value is -3.72. The molecular formula is C26H28N6O2S. The maximum absolute atomic E-state index is 13.3. The Labute approximate surface area is 207 Å². The molecule has 1 aromatic carbocycles. The first-order chi connectivity index (χ1) is 17.0. The summed E-state index contributed by atoms with van der Waals surface area (Å²) in [4.78, 5) is 35.9. The Bertz CT molecular complexity index is 1410. The summed E-state index contributed by atoms with van der Waals surface area (Å²) in [5.41, 5.74) is 7.27. The van der Waals surface area contributed by atoms with E-state index in [4.69, 9.17) is 5.73 Å². The SMILES string of the molecule is C[C@@H](CCc1ccccc1)Nc1cnc2n(c1=O)[C@H](C(=O)NCc1cc3cnc(N)cc3s1)CC2. The average Bonchev–Trinajstić information content (AvgIpc) is 3.48. The molecule has 1 aliphatic heterocycles. The molecule has 0 radical (unpaired) electrons. The van der Waals surface area contributed by atoms with Crippen molar-refractivity contribution in [3.63, 3.8) is 0 Å². The minimum atomic E-state index is -0.557. The molecular weight excluding hydrogens is 460 g/mol. The lowest BCUT2D eigenvalue weighted by Gasteiger charge is -2.18. The Balaban J connectivity index is 1.24. The number of rotatable bonds is 8. The van der Waals surface area contributed by atoms with Crippen LogP contribution in [0.1, 0.15) is 42.1 Å². The number of amides is 1. The van der Waals surface area contributed by atoms with Crippen molar-refractivity contribution in [1.29, 1.82) is 0 Å². The van der Waals surface area contributed by atoms with Crippen LogP contribution < -0.4 is 21.9 Å². The van der Waals surface area contributed by atoms with Gasteiger partial charge in [0.2, 0.25) is 5.91 Å². The summed E-state index contributed by atoms with van der Waals surface area (Å²) < 4.78 is 2.59. The third kappa shape index (κ3) is 5.05. The molecule has 0 spiro atoms. The number of hydrogen-bond donors (Lipinski definition) is 3. The van der Waals surface area contributed by atoms with E-state index in [1.807, 2.05) is 30.3 Å². The van der Waals surface area contributed by atoms with Crippen LogP contribution in [0.5, 0.6) is 0 Å². The Morgan fingerprint density at radius 1 is 1.23 bits per heavy atom. The first kappa shape index (κ1) is 23.0. The predicted octanol–water partition coefficient (Wildman–Crippen LogP) is 3.67. The second-order valence-corrected chi connectivity index (χ2v) is 10.1. The molecule has 0 fully saturated rings. The molecule has 5 rings (SSSR count). The highest BCUT2D eigenvalue weighted by molar-refractivity contribution is 7.19. The van der Waals surface area contributed by atoms with Gasteiger partial charge in [0.15, 0.2) is 0 Å². The van der Waals surface area contributed by atoms with Crippen molar-refractivity contribution in [2.45, 2.75) is 51.2 Å². The van der Waals surface area contributed by atoms with Gasteiger partial charge < -0.3 is 16.4 Å². The fourth-order valence-corrected chi connectivity index (χ4v) is 5.52. The van der Waals surface area contributed by atoms with E-state index >= 15 is 0 Å². The molecule has 0 saturated heterocycles. The summed E-state index contributed by atoms with van der Waals surface area (Å²) in [7, 11) is 0. The van der Waals surface area contributed by atoms with Crippen molar-refractivity contribution in [2.75, 3.05) is 11.1 Å². The van der Waals surface area contributed by atoms with Crippen LogP contribution in [0.15, 0.2) is 59.7 Å². The van der Waals surface area contributed by atoms with E-state index in [0.29, 0.717) is 36.7 Å². The molecule has 0 bridgehead atoms. The van der Waals surface area contributed by atoms with Crippen molar-refractivity contribution in [3.8, 4) is 0 Å². The number of fused-ring (bicyclic) bond motifs is 2. The van der Waals surface area contributed by atoms with Crippen LogP contribution in [0.25, 0.3) is 10.1 Å². The molecule has 9 heteroatoms. The summed E-state index contributed by atoms with van der Waals surface area (Å²) in [6.07, 6.45) is 6.30. The summed E-state index contributed by atoms with van der Waals surface area (Å²) in [6, 6.07) is 13.6. The standard InChI is InChI=1S/C26H28N6O2S/c1-16(7-8-17-5-3-2-4-6-17)31-20-15-29-24-10-9-21(32(24)26(20)34)25(33)30-14-19-11-18-13-28-23(27)12-22(18)35-19/h2-6,11-13,15-16,21,31H,7-10,14H2,1H3,(H2,27,28)(H,30,33)/t16-,21-/m0/s1. The minimum Gasteiger partial charge on any atom is -0.384 e. The lowest BCUT2D eigenvalue weighted by Crippen LogP contribution is -2.36. The first-order valence-corrected chi connectivity index (χ1v) is 12.6. The van der Waals surface area contributed by atoms with Gasteiger partial charge in [-0.2, -0.15) is 0 Å². The highest BCUT2D eigenvalue weighted by Crippen LogP contribution is 2.27. The number of aromatic nitrogens is 3. The number of pyridine rings is 1. The molecule has 4 N–H and O–H groups in total. The molecule has 4 aromatic rings. The Morgan fingerprint density at radius 2 is 2.06 bits per heavy atom. The summed E-state index contributed by atoms with van der Waals surface area (Å²) in [6.45, 7) is 2.44. The van der Waals surface area contributed by atoms with Crippen molar-refractivity contribution in [1.82, 2.24) is 19.9 Å². The van der Waals surface area contributed by atoms with Crippen molar-refractivity contribution in [3.05, 3.63) is 81.5 Å². The predicted molar refractivity (Wildman–Crippen MR) is 140 cm³/mol. The lowest BCUT2D eigenvalue weighted by atomic mass is 10.1. The molecule has 0 unspecified atom stereocenters. The largest absolute Gasteiger partial charge is 0.384 e. The van der Waals surface area contributed by atoms with E-state index in [1.165, 1.54) is 5.56 Å². The molecule has 1 aliphatic rings. The maximum Gasteiger partial charge on any atom is 0.277 e. The van der Waals surface area contributed by atoms with Gasteiger partial charge in [-0.1, -0.05) is 30.3 Å². The van der Waals surface area contributed by atoms with E-state index < -0.39 is 6.04 Å². The molecule has 4 heterocycles. The normalized spacial score (nSPS) is 15.6. The highest BCUT2D eigenvalue weighted by Gasteiger charge is 2.31. The number of anilines is 2. The minimum absolute atomic E-state index is 0.0912. The number of nitrogens with one attached hydrogen (secondary N) is 2. The molecule has 180 valence electrons. The molecule has 8 nitrogen and oxygen atoms in total. The molecule has 35 heavy (non-hydrogen) atoms. The van der Waals surface area contributed by atoms with Gasteiger partial charge in [0.1, 0.15) is 23.4 Å². The van der Waals surface area contributed by atoms with Crippen LogP contribution in [0.4, 0.5) is 11.5 Å². The molecule has 3 aromatic heterocycles. The molecule has 0 saturated carbocycles. The highest BCUT2D eigenvalue weighted by atomic mass is 32.1. The van der Waals surface area contributed by atoms with Crippen LogP contribution in [0.2, 0.25) is 0 Å². The van der Waals surface area contributed by atoms with Gasteiger partial charge in [-0.15, -0.1) is 11.3 Å². The number of nitrogen functional groups attached to an aromatic ring is 1. The van der Waals surface area contributed by atoms with E-state index in [1.54, 1.807) is 28.3 Å². The smallest absolute Gasteiger partial charge is 0.277 e. The van der Waals surface area contributed by atoms with Gasteiger partial charge in [0.25, 0.3) is 5.56 Å². The van der Waals surface area contributed by atoms with Crippen LogP contribution in [-0.2, 0) is 24.2 Å². The zero-order chi connectivity index (χ0) is 24.4. The molecule has 1 amide bonds. The second kappa shape index (κ2) is 9.87. The third-order valence-electron chi connectivity index (χ3n) is 6.35. The summed E-state index contributed by atoms with van der Waals surface area (Å²) >= 11 is 1.57. The van der Waals surface area contributed by atoms with Gasteiger partial charge in [-0.3, -0.25) is 14.2 Å². The van der Waals surface area contributed by atoms with E-state index in [2.05, 4.69) is 39.7 Å². The van der Waals surface area contributed by atoms with Gasteiger partial charge >= 0.3 is 0 Å². The zero-order valence-corrected chi connectivity index (χ0v) is 20.3. The average molecular weight is 489 g/mol. The number of carbonyl (C=O) groups is 1. The summed E-state index contributed by atoms with van der Waals surface area (Å²) in [5, 5.41) is 7.30. The topological polar surface area (TPSA) is 115 Å². The van der Waals surface area contributed by atoms with Crippen LogP contribution >= 0.6 is 11.3 Å². The number of nitrogens with two attached hydrogens (primary N) is 1. The van der Waals surface area contributed by atoms with Gasteiger partial charge in [-0.25, -0.2) is 9.97 Å². The Morgan fingerprint density at radius 3 is 2.89 bits per heavy atom. The van der Waals surface area contributed by atoms with E-state index in [0.717, 1.165) is 27.8 Å². The monoisotopic (exact) mass is 488 g/mol. The number of thiophene rings is 1. The second-order valence-electron chi connectivity index (χ2n) is 8.96. The van der Waals surface area contributed by atoms with E-state index in [9.17, 15) is 9.59 Å². The van der Waals surface area contributed by atoms with Gasteiger partial charge in [0.05, 0.1) is 12.7 Å². The fraction of sp³-hybridized carbons (Fsp3) is 0.308. The quantitative estimate of drug-likeness (QED) is 0.349. The summed E-state index contributed by atoms with van der Waals surface area (Å²) in [5.74, 6) is 0.959. The van der Waals surface area contributed by atoms with Crippen LogP contribution in [0.3, 0.4) is 0 Å². The lowest BCUT2D eigenvalue weighted by molar-refractivity contribution is -0.124. The number of aryl methyl sites for hydroxylation is 2. The zero-order valence-electron chi connectivity index (χ0n) is 19.5. The van der Waals surface area contributed by atoms with E-state index in [-0.39, 0.29) is 17.5 Å². The third-order valence-corrected chi connectivity index (χ3v) is 7.44. The maximum atomic E-state index is 13.3. The van der Waals surface area contributed by atoms with Crippen molar-refractivity contribution in [2.24, 2.45) is 0 Å². The van der Waals surface area contributed by atoms with Crippen LogP contribution in [-0.4, -0.2) is 26.5 Å². The molecule has 0 aliphatic carbocycles. The number of carbonyl (C=O) groups excluding carboxylic acids is 1. The van der Waals surface area contributed by atoms with Crippen molar-refractivity contribution < 1.29 is 4.79 Å². The van der Waals surface area contributed by atoms with Gasteiger partial charge in [-0.05, 0) is 43.9 Å².